The lowest BCUT2D eigenvalue weighted by Gasteiger charge is -2.43. The molecule has 1 aliphatic rings. The summed E-state index contributed by atoms with van der Waals surface area (Å²) in [6, 6.07) is -0.698. The fourth-order valence-corrected chi connectivity index (χ4v) is 2.69. The van der Waals surface area contributed by atoms with E-state index in [1.54, 1.807) is 6.92 Å². The standard InChI is InChI=1S/C10H18N2O3/c1-9(2)4-7(13)8(11)10(3,5-9)6-12(14)15/h8H,4-6,11H2,1-3H3. The predicted octanol–water partition coefficient (Wildman–Crippen LogP) is 0.986. The van der Waals surface area contributed by atoms with Gasteiger partial charge >= 0.3 is 0 Å². The number of nitrogens with two attached hydrogens (primary N) is 1. The van der Waals surface area contributed by atoms with Crippen LogP contribution >= 0.6 is 0 Å². The number of carbonyl (C=O) groups is 1. The third-order valence-corrected chi connectivity index (χ3v) is 3.12. The molecule has 1 rings (SSSR count). The fraction of sp³-hybridized carbons (Fsp3) is 0.900. The number of nitrogens with zero attached hydrogens (tertiary/aromatic N) is 1. The minimum Gasteiger partial charge on any atom is -0.321 e. The summed E-state index contributed by atoms with van der Waals surface area (Å²) in [6.45, 7) is 5.41. The van der Waals surface area contributed by atoms with Gasteiger partial charge in [-0.15, -0.1) is 0 Å². The third kappa shape index (κ3) is 2.53. The van der Waals surface area contributed by atoms with Crippen LogP contribution in [0.4, 0.5) is 0 Å². The van der Waals surface area contributed by atoms with Gasteiger partial charge in [0.15, 0.2) is 5.78 Å². The summed E-state index contributed by atoms with van der Waals surface area (Å²) in [4.78, 5) is 21.9. The zero-order valence-electron chi connectivity index (χ0n) is 9.45. The number of rotatable bonds is 2. The number of hydrogen-bond donors (Lipinski definition) is 1. The van der Waals surface area contributed by atoms with Gasteiger partial charge in [0.1, 0.15) is 0 Å². The largest absolute Gasteiger partial charge is 0.321 e. The van der Waals surface area contributed by atoms with E-state index in [1.807, 2.05) is 13.8 Å². The maximum Gasteiger partial charge on any atom is 0.211 e. The molecule has 0 aromatic carbocycles. The summed E-state index contributed by atoms with van der Waals surface area (Å²) in [5.74, 6) is -0.0596. The van der Waals surface area contributed by atoms with Crippen molar-refractivity contribution in [3.05, 3.63) is 10.1 Å². The van der Waals surface area contributed by atoms with Gasteiger partial charge in [-0.1, -0.05) is 20.8 Å². The molecule has 0 aromatic rings. The first kappa shape index (κ1) is 12.1. The Labute approximate surface area is 89.2 Å². The van der Waals surface area contributed by atoms with Gasteiger partial charge in [-0.25, -0.2) is 0 Å². The second kappa shape index (κ2) is 3.56. The van der Waals surface area contributed by atoms with E-state index < -0.39 is 11.5 Å². The van der Waals surface area contributed by atoms with E-state index in [2.05, 4.69) is 0 Å². The minimum absolute atomic E-state index is 0.0596. The molecule has 0 bridgehead atoms. The Morgan fingerprint density at radius 3 is 2.53 bits per heavy atom. The van der Waals surface area contributed by atoms with Crippen LogP contribution in [0.2, 0.25) is 0 Å². The van der Waals surface area contributed by atoms with Gasteiger partial charge in [-0.05, 0) is 11.8 Å². The van der Waals surface area contributed by atoms with Crippen molar-refractivity contribution in [1.82, 2.24) is 0 Å². The molecule has 0 radical (unpaired) electrons. The zero-order chi connectivity index (χ0) is 11.9. The number of ketones is 1. The summed E-state index contributed by atoms with van der Waals surface area (Å²) < 4.78 is 0. The second-order valence-electron chi connectivity index (χ2n) is 5.61. The van der Waals surface area contributed by atoms with Crippen LogP contribution in [0.1, 0.15) is 33.6 Å². The van der Waals surface area contributed by atoms with E-state index in [-0.39, 0.29) is 22.7 Å². The van der Waals surface area contributed by atoms with E-state index in [0.717, 1.165) is 0 Å². The van der Waals surface area contributed by atoms with E-state index >= 15 is 0 Å². The highest BCUT2D eigenvalue weighted by atomic mass is 16.6. The average molecular weight is 214 g/mol. The van der Waals surface area contributed by atoms with Gasteiger partial charge < -0.3 is 5.73 Å². The number of carbonyl (C=O) groups excluding carboxylic acids is 1. The summed E-state index contributed by atoms with van der Waals surface area (Å²) in [6.07, 6.45) is 1.04. The molecule has 1 saturated carbocycles. The normalized spacial score (nSPS) is 35.2. The highest BCUT2D eigenvalue weighted by Crippen LogP contribution is 2.43. The molecular formula is C10H18N2O3. The summed E-state index contributed by atoms with van der Waals surface area (Å²) in [7, 11) is 0. The van der Waals surface area contributed by atoms with Crippen molar-refractivity contribution in [2.75, 3.05) is 6.54 Å². The molecule has 2 atom stereocenters. The van der Waals surface area contributed by atoms with Crippen LogP contribution in [0.3, 0.4) is 0 Å². The number of Topliss-reactive ketones (excluding diaryl/α,β-unsaturated/α-hetero) is 1. The third-order valence-electron chi connectivity index (χ3n) is 3.12. The fourth-order valence-electron chi connectivity index (χ4n) is 2.69. The van der Waals surface area contributed by atoms with Gasteiger partial charge in [-0.2, -0.15) is 0 Å². The van der Waals surface area contributed by atoms with E-state index in [1.165, 1.54) is 0 Å². The van der Waals surface area contributed by atoms with Crippen molar-refractivity contribution in [2.45, 2.75) is 39.7 Å². The van der Waals surface area contributed by atoms with Crippen LogP contribution in [-0.4, -0.2) is 23.3 Å². The molecule has 0 aliphatic heterocycles. The smallest absolute Gasteiger partial charge is 0.211 e. The van der Waals surface area contributed by atoms with Crippen molar-refractivity contribution in [1.29, 1.82) is 0 Å². The van der Waals surface area contributed by atoms with Gasteiger partial charge in [0.2, 0.25) is 6.54 Å². The Balaban J connectivity index is 2.94. The van der Waals surface area contributed by atoms with Crippen LogP contribution in [0.5, 0.6) is 0 Å². The van der Waals surface area contributed by atoms with E-state index in [9.17, 15) is 14.9 Å². The SMILES string of the molecule is CC1(C)CC(=O)C(N)C(C)(C[N+](=O)[O-])C1. The highest BCUT2D eigenvalue weighted by Gasteiger charge is 2.49. The molecule has 86 valence electrons. The second-order valence-corrected chi connectivity index (χ2v) is 5.61. The molecule has 5 nitrogen and oxygen atoms in total. The van der Waals surface area contributed by atoms with Crippen molar-refractivity contribution in [3.63, 3.8) is 0 Å². The van der Waals surface area contributed by atoms with Crippen molar-refractivity contribution < 1.29 is 9.72 Å². The van der Waals surface area contributed by atoms with Gasteiger partial charge in [0.25, 0.3) is 0 Å². The van der Waals surface area contributed by atoms with Crippen LogP contribution in [0, 0.1) is 20.9 Å². The van der Waals surface area contributed by atoms with Crippen molar-refractivity contribution in [3.8, 4) is 0 Å². The number of nitro groups is 1. The van der Waals surface area contributed by atoms with E-state index in [4.69, 9.17) is 5.73 Å². The molecule has 1 aliphatic carbocycles. The van der Waals surface area contributed by atoms with E-state index in [0.29, 0.717) is 12.8 Å². The quantitative estimate of drug-likeness (QED) is 0.548. The van der Waals surface area contributed by atoms with Gasteiger partial charge in [-0.3, -0.25) is 14.9 Å². The lowest BCUT2D eigenvalue weighted by atomic mass is 9.61. The lowest BCUT2D eigenvalue weighted by Crippen LogP contribution is -2.55. The molecule has 0 amide bonds. The van der Waals surface area contributed by atoms with Gasteiger partial charge in [0.05, 0.1) is 11.5 Å². The Kier molecular flexibility index (Phi) is 2.87. The van der Waals surface area contributed by atoms with Crippen LogP contribution in [-0.2, 0) is 4.79 Å². The molecule has 0 saturated heterocycles. The first-order valence-corrected chi connectivity index (χ1v) is 5.06. The minimum atomic E-state index is -0.706. The Morgan fingerprint density at radius 1 is 1.53 bits per heavy atom. The Morgan fingerprint density at radius 2 is 2.07 bits per heavy atom. The first-order valence-electron chi connectivity index (χ1n) is 5.06. The first-order chi connectivity index (χ1) is 6.66. The Bertz CT molecular complexity index is 301. The zero-order valence-corrected chi connectivity index (χ0v) is 9.45. The maximum atomic E-state index is 11.7. The van der Waals surface area contributed by atoms with Crippen LogP contribution in [0.25, 0.3) is 0 Å². The molecular weight excluding hydrogens is 196 g/mol. The summed E-state index contributed by atoms with van der Waals surface area (Å²) >= 11 is 0. The maximum absolute atomic E-state index is 11.7. The summed E-state index contributed by atoms with van der Waals surface area (Å²) in [5.41, 5.74) is 4.88. The molecule has 0 heterocycles. The van der Waals surface area contributed by atoms with Crippen LogP contribution in [0.15, 0.2) is 0 Å². The number of hydrogen-bond acceptors (Lipinski definition) is 4. The van der Waals surface area contributed by atoms with Crippen molar-refractivity contribution in [2.24, 2.45) is 16.6 Å². The monoisotopic (exact) mass is 214 g/mol. The summed E-state index contributed by atoms with van der Waals surface area (Å²) in [5, 5.41) is 10.6. The molecule has 2 unspecified atom stereocenters. The lowest BCUT2D eigenvalue weighted by molar-refractivity contribution is -0.498. The van der Waals surface area contributed by atoms with Gasteiger partial charge in [0, 0.05) is 11.3 Å². The molecule has 0 aromatic heterocycles. The molecule has 15 heavy (non-hydrogen) atoms. The topological polar surface area (TPSA) is 86.2 Å². The van der Waals surface area contributed by atoms with Crippen LogP contribution < -0.4 is 5.73 Å². The highest BCUT2D eigenvalue weighted by molar-refractivity contribution is 5.86. The Hall–Kier alpha value is -0.970. The molecule has 0 spiro atoms. The molecule has 2 N–H and O–H groups in total. The van der Waals surface area contributed by atoms with Crippen molar-refractivity contribution >= 4 is 5.78 Å². The average Bonchev–Trinajstić information content (AvgIpc) is 1.96. The molecule has 1 fully saturated rings. The predicted molar refractivity (Wildman–Crippen MR) is 56.0 cm³/mol. The molecule has 5 heteroatoms.